The van der Waals surface area contributed by atoms with Crippen LogP contribution in [0.5, 0.6) is 0 Å². The molecule has 0 spiro atoms. The van der Waals surface area contributed by atoms with Crippen LogP contribution in [0.4, 0.5) is 0 Å². The summed E-state index contributed by atoms with van der Waals surface area (Å²) in [4.78, 5) is 13.7. The second-order valence-corrected chi connectivity index (χ2v) is 5.07. The standard InChI is InChI=1S/C14H16N2O3/c1-14(19)5-6-16(9-12(14)17)13(18)11-4-2-3-10(7-11)8-15/h2-4,7,12,17,19H,5-6,9H2,1H3/t12-,14+/m0/s1. The molecule has 1 fully saturated rings. The van der Waals surface area contributed by atoms with E-state index in [2.05, 4.69) is 0 Å². The average molecular weight is 260 g/mol. The Balaban J connectivity index is 2.15. The third-order valence-corrected chi connectivity index (χ3v) is 3.52. The molecule has 1 aliphatic heterocycles. The number of rotatable bonds is 1. The number of likely N-dealkylation sites (tertiary alicyclic amines) is 1. The summed E-state index contributed by atoms with van der Waals surface area (Å²) in [6.45, 7) is 2.05. The van der Waals surface area contributed by atoms with Crippen LogP contribution >= 0.6 is 0 Å². The van der Waals surface area contributed by atoms with Crippen molar-refractivity contribution in [1.82, 2.24) is 4.90 Å². The third kappa shape index (κ3) is 2.75. The number of nitriles is 1. The zero-order valence-electron chi connectivity index (χ0n) is 10.7. The monoisotopic (exact) mass is 260 g/mol. The first-order valence-electron chi connectivity index (χ1n) is 6.14. The number of carbonyl (C=O) groups is 1. The summed E-state index contributed by atoms with van der Waals surface area (Å²) in [7, 11) is 0. The van der Waals surface area contributed by atoms with Gasteiger partial charge < -0.3 is 15.1 Å². The van der Waals surface area contributed by atoms with Crippen LogP contribution in [0, 0.1) is 11.3 Å². The number of aliphatic hydroxyl groups is 2. The number of hydrogen-bond donors (Lipinski definition) is 2. The van der Waals surface area contributed by atoms with Gasteiger partial charge in [-0.3, -0.25) is 4.79 Å². The lowest BCUT2D eigenvalue weighted by Gasteiger charge is -2.39. The molecule has 0 aromatic heterocycles. The van der Waals surface area contributed by atoms with Crippen LogP contribution in [0.1, 0.15) is 29.3 Å². The zero-order valence-corrected chi connectivity index (χ0v) is 10.7. The molecule has 0 bridgehead atoms. The maximum Gasteiger partial charge on any atom is 0.253 e. The largest absolute Gasteiger partial charge is 0.388 e. The van der Waals surface area contributed by atoms with Crippen molar-refractivity contribution in [2.75, 3.05) is 13.1 Å². The van der Waals surface area contributed by atoms with Crippen molar-refractivity contribution >= 4 is 5.91 Å². The topological polar surface area (TPSA) is 84.6 Å². The molecule has 0 saturated carbocycles. The number of hydrogen-bond acceptors (Lipinski definition) is 4. The molecule has 1 heterocycles. The van der Waals surface area contributed by atoms with Crippen LogP contribution in [-0.2, 0) is 0 Å². The van der Waals surface area contributed by atoms with Crippen LogP contribution in [0.2, 0.25) is 0 Å². The molecule has 2 rings (SSSR count). The predicted octanol–water partition coefficient (Wildman–Crippen LogP) is 0.516. The van der Waals surface area contributed by atoms with E-state index in [1.54, 1.807) is 25.1 Å². The Morgan fingerprint density at radius 3 is 2.95 bits per heavy atom. The van der Waals surface area contributed by atoms with Gasteiger partial charge >= 0.3 is 0 Å². The molecule has 0 aliphatic carbocycles. The van der Waals surface area contributed by atoms with Gasteiger partial charge in [-0.05, 0) is 31.5 Å². The Labute approximate surface area is 111 Å². The normalized spacial score (nSPS) is 26.8. The lowest BCUT2D eigenvalue weighted by molar-refractivity contribution is -0.0999. The highest BCUT2D eigenvalue weighted by Gasteiger charge is 2.38. The fraction of sp³-hybridized carbons (Fsp3) is 0.429. The highest BCUT2D eigenvalue weighted by atomic mass is 16.3. The molecule has 0 unspecified atom stereocenters. The van der Waals surface area contributed by atoms with E-state index in [-0.39, 0.29) is 12.5 Å². The molecule has 5 heteroatoms. The molecule has 1 aromatic rings. The van der Waals surface area contributed by atoms with Gasteiger partial charge in [0.15, 0.2) is 0 Å². The average Bonchev–Trinajstić information content (AvgIpc) is 2.41. The number of β-amino-alcohol motifs (C(OH)–C–C–N with tert-alkyl or cyclic N) is 1. The molecule has 19 heavy (non-hydrogen) atoms. The molecule has 1 aliphatic rings. The summed E-state index contributed by atoms with van der Waals surface area (Å²) in [5.41, 5.74) is -0.297. The summed E-state index contributed by atoms with van der Waals surface area (Å²) < 4.78 is 0. The minimum Gasteiger partial charge on any atom is -0.388 e. The lowest BCUT2D eigenvalue weighted by Crippen LogP contribution is -2.55. The van der Waals surface area contributed by atoms with Crippen molar-refractivity contribution in [3.8, 4) is 6.07 Å². The van der Waals surface area contributed by atoms with E-state index in [0.717, 1.165) is 0 Å². The molecule has 0 radical (unpaired) electrons. The fourth-order valence-corrected chi connectivity index (χ4v) is 2.11. The molecule has 1 aromatic carbocycles. The Kier molecular flexibility index (Phi) is 3.56. The second-order valence-electron chi connectivity index (χ2n) is 5.07. The summed E-state index contributed by atoms with van der Waals surface area (Å²) in [5.74, 6) is -0.230. The SMILES string of the molecule is C[C@@]1(O)CCN(C(=O)c2cccc(C#N)c2)C[C@@H]1O. The Hall–Kier alpha value is -1.90. The van der Waals surface area contributed by atoms with E-state index in [0.29, 0.717) is 24.1 Å². The predicted molar refractivity (Wildman–Crippen MR) is 68.3 cm³/mol. The van der Waals surface area contributed by atoms with Gasteiger partial charge in [-0.15, -0.1) is 0 Å². The van der Waals surface area contributed by atoms with Gasteiger partial charge in [-0.25, -0.2) is 0 Å². The van der Waals surface area contributed by atoms with Gasteiger partial charge in [-0.2, -0.15) is 5.26 Å². The van der Waals surface area contributed by atoms with Crippen LogP contribution in [0.25, 0.3) is 0 Å². The van der Waals surface area contributed by atoms with E-state index in [1.165, 1.54) is 11.0 Å². The van der Waals surface area contributed by atoms with E-state index in [9.17, 15) is 15.0 Å². The first-order valence-corrected chi connectivity index (χ1v) is 6.14. The highest BCUT2D eigenvalue weighted by molar-refractivity contribution is 5.94. The van der Waals surface area contributed by atoms with Crippen LogP contribution in [-0.4, -0.2) is 45.8 Å². The minimum absolute atomic E-state index is 0.0998. The maximum atomic E-state index is 12.2. The Morgan fingerprint density at radius 2 is 2.32 bits per heavy atom. The van der Waals surface area contributed by atoms with Crippen molar-refractivity contribution in [2.24, 2.45) is 0 Å². The summed E-state index contributed by atoms with van der Waals surface area (Å²) in [5, 5.41) is 28.5. The van der Waals surface area contributed by atoms with Crippen molar-refractivity contribution in [3.05, 3.63) is 35.4 Å². The van der Waals surface area contributed by atoms with Crippen molar-refractivity contribution < 1.29 is 15.0 Å². The van der Waals surface area contributed by atoms with Crippen molar-refractivity contribution in [1.29, 1.82) is 5.26 Å². The van der Waals surface area contributed by atoms with Gasteiger partial charge in [0, 0.05) is 18.7 Å². The molecule has 5 nitrogen and oxygen atoms in total. The van der Waals surface area contributed by atoms with E-state index in [1.807, 2.05) is 6.07 Å². The Morgan fingerprint density at radius 1 is 1.58 bits per heavy atom. The number of benzene rings is 1. The van der Waals surface area contributed by atoms with Gasteiger partial charge in [0.25, 0.3) is 5.91 Å². The highest BCUT2D eigenvalue weighted by Crippen LogP contribution is 2.23. The molecule has 1 saturated heterocycles. The maximum absolute atomic E-state index is 12.2. The fourth-order valence-electron chi connectivity index (χ4n) is 2.11. The minimum atomic E-state index is -1.15. The van der Waals surface area contributed by atoms with E-state index < -0.39 is 11.7 Å². The van der Waals surface area contributed by atoms with E-state index in [4.69, 9.17) is 5.26 Å². The van der Waals surface area contributed by atoms with Gasteiger partial charge in [0.2, 0.25) is 0 Å². The van der Waals surface area contributed by atoms with Crippen LogP contribution < -0.4 is 0 Å². The van der Waals surface area contributed by atoms with Gasteiger partial charge in [0.05, 0.1) is 23.3 Å². The summed E-state index contributed by atoms with van der Waals surface area (Å²) in [6.07, 6.45) is -0.623. The first kappa shape index (κ1) is 13.5. The Bertz CT molecular complexity index is 534. The third-order valence-electron chi connectivity index (χ3n) is 3.52. The molecule has 2 atom stereocenters. The molecule has 100 valence electrons. The number of aliphatic hydroxyl groups excluding tert-OH is 1. The molecular formula is C14H16N2O3. The summed E-state index contributed by atoms with van der Waals surface area (Å²) >= 11 is 0. The second kappa shape index (κ2) is 5.00. The quantitative estimate of drug-likeness (QED) is 0.770. The molecular weight excluding hydrogens is 244 g/mol. The van der Waals surface area contributed by atoms with E-state index >= 15 is 0 Å². The molecule has 2 N–H and O–H groups in total. The zero-order chi connectivity index (χ0) is 14.0. The van der Waals surface area contributed by atoms with Crippen molar-refractivity contribution in [2.45, 2.75) is 25.0 Å². The smallest absolute Gasteiger partial charge is 0.253 e. The number of carbonyl (C=O) groups excluding carboxylic acids is 1. The number of piperidine rings is 1. The van der Waals surface area contributed by atoms with Crippen LogP contribution in [0.15, 0.2) is 24.3 Å². The lowest BCUT2D eigenvalue weighted by atomic mass is 9.90. The van der Waals surface area contributed by atoms with Gasteiger partial charge in [0.1, 0.15) is 0 Å². The van der Waals surface area contributed by atoms with Crippen LogP contribution in [0.3, 0.4) is 0 Å². The number of amides is 1. The van der Waals surface area contributed by atoms with Gasteiger partial charge in [-0.1, -0.05) is 6.07 Å². The summed E-state index contributed by atoms with van der Waals surface area (Å²) in [6, 6.07) is 8.44. The number of nitrogens with zero attached hydrogens (tertiary/aromatic N) is 2. The molecule has 1 amide bonds. The first-order chi connectivity index (χ1) is 8.94. The van der Waals surface area contributed by atoms with Crippen molar-refractivity contribution in [3.63, 3.8) is 0 Å².